The number of hydrogen-bond acceptors (Lipinski definition) is 5. The lowest BCUT2D eigenvalue weighted by atomic mass is 9.92. The van der Waals surface area contributed by atoms with Gasteiger partial charge in [0.15, 0.2) is 0 Å². The van der Waals surface area contributed by atoms with Gasteiger partial charge in [-0.3, -0.25) is 14.6 Å². The van der Waals surface area contributed by atoms with Crippen molar-refractivity contribution >= 4 is 10.0 Å². The van der Waals surface area contributed by atoms with Crippen LogP contribution in [0.5, 0.6) is 0 Å². The van der Waals surface area contributed by atoms with Crippen LogP contribution in [0.2, 0.25) is 0 Å². The first kappa shape index (κ1) is 16.1. The maximum atomic E-state index is 11.6. The van der Waals surface area contributed by atoms with Crippen LogP contribution < -0.4 is 0 Å². The highest BCUT2D eigenvalue weighted by Crippen LogP contribution is 2.26. The van der Waals surface area contributed by atoms with E-state index in [0.29, 0.717) is 19.0 Å². The first-order chi connectivity index (χ1) is 10.9. The Morgan fingerprint density at radius 3 is 2.52 bits per heavy atom. The maximum absolute atomic E-state index is 11.6. The Hall–Kier alpha value is -1.80. The number of rotatable bonds is 4. The third-order valence-corrected chi connectivity index (χ3v) is 5.58. The van der Waals surface area contributed by atoms with Gasteiger partial charge < -0.3 is 0 Å². The van der Waals surface area contributed by atoms with Crippen LogP contribution in [0, 0.1) is 5.92 Å². The first-order valence-electron chi connectivity index (χ1n) is 7.67. The number of nitrogens with zero attached hydrogens (tertiary/aromatic N) is 5. The molecule has 0 saturated carbocycles. The molecule has 7 nitrogen and oxygen atoms in total. The lowest BCUT2D eigenvalue weighted by Crippen LogP contribution is -2.38. The summed E-state index contributed by atoms with van der Waals surface area (Å²) in [6, 6.07) is 0. The molecule has 2 aromatic rings. The second kappa shape index (κ2) is 6.37. The molecule has 0 radical (unpaired) electrons. The predicted molar refractivity (Wildman–Crippen MR) is 87.1 cm³/mol. The van der Waals surface area contributed by atoms with Crippen molar-refractivity contribution in [3.05, 3.63) is 30.5 Å². The van der Waals surface area contributed by atoms with E-state index in [1.54, 1.807) is 27.6 Å². The number of sulfonamides is 1. The molecular formula is C15H21N5O2S. The van der Waals surface area contributed by atoms with Gasteiger partial charge in [0.2, 0.25) is 10.0 Å². The van der Waals surface area contributed by atoms with Crippen molar-refractivity contribution in [2.75, 3.05) is 19.3 Å². The van der Waals surface area contributed by atoms with Crippen molar-refractivity contribution in [1.29, 1.82) is 0 Å². The lowest BCUT2D eigenvalue weighted by Gasteiger charge is -2.30. The second-order valence-corrected chi connectivity index (χ2v) is 8.05. The summed E-state index contributed by atoms with van der Waals surface area (Å²) in [6.07, 6.45) is 10.9. The largest absolute Gasteiger partial charge is 0.275 e. The van der Waals surface area contributed by atoms with Gasteiger partial charge in [0.1, 0.15) is 0 Å². The summed E-state index contributed by atoms with van der Waals surface area (Å²) in [5, 5.41) is 4.19. The Morgan fingerprint density at radius 2 is 1.91 bits per heavy atom. The van der Waals surface area contributed by atoms with Gasteiger partial charge in [-0.15, -0.1) is 0 Å². The molecular weight excluding hydrogens is 314 g/mol. The molecule has 1 saturated heterocycles. The van der Waals surface area contributed by atoms with Gasteiger partial charge in [0, 0.05) is 44.3 Å². The SMILES string of the molecule is Cn1cc(-c2nccnc2CC2CCN(S(C)(=O)=O)CC2)cn1. The van der Waals surface area contributed by atoms with Gasteiger partial charge in [0.25, 0.3) is 0 Å². The fourth-order valence-electron chi connectivity index (χ4n) is 3.02. The average Bonchev–Trinajstić information content (AvgIpc) is 2.94. The molecule has 0 unspecified atom stereocenters. The number of piperidine rings is 1. The summed E-state index contributed by atoms with van der Waals surface area (Å²) in [5.74, 6) is 0.431. The van der Waals surface area contributed by atoms with Crippen LogP contribution in [-0.4, -0.2) is 51.8 Å². The molecule has 124 valence electrons. The molecule has 0 bridgehead atoms. The molecule has 1 fully saturated rings. The minimum absolute atomic E-state index is 0.431. The molecule has 3 rings (SSSR count). The quantitative estimate of drug-likeness (QED) is 0.835. The molecule has 1 aliphatic heterocycles. The van der Waals surface area contributed by atoms with E-state index in [1.807, 2.05) is 13.2 Å². The van der Waals surface area contributed by atoms with E-state index in [-0.39, 0.29) is 0 Å². The van der Waals surface area contributed by atoms with Crippen molar-refractivity contribution in [1.82, 2.24) is 24.1 Å². The molecule has 0 amide bonds. The highest BCUT2D eigenvalue weighted by molar-refractivity contribution is 7.88. The molecule has 23 heavy (non-hydrogen) atoms. The van der Waals surface area contributed by atoms with Crippen LogP contribution >= 0.6 is 0 Å². The van der Waals surface area contributed by atoms with E-state index >= 15 is 0 Å². The fraction of sp³-hybridized carbons (Fsp3) is 0.533. The smallest absolute Gasteiger partial charge is 0.211 e. The zero-order chi connectivity index (χ0) is 16.4. The van der Waals surface area contributed by atoms with Crippen LogP contribution in [0.3, 0.4) is 0 Å². The number of aryl methyl sites for hydroxylation is 1. The molecule has 0 atom stereocenters. The molecule has 1 aliphatic rings. The van der Waals surface area contributed by atoms with E-state index in [2.05, 4.69) is 15.1 Å². The zero-order valence-corrected chi connectivity index (χ0v) is 14.2. The van der Waals surface area contributed by atoms with Crippen molar-refractivity contribution in [3.8, 4) is 11.3 Å². The molecule has 0 aliphatic carbocycles. The number of hydrogen-bond donors (Lipinski definition) is 0. The zero-order valence-electron chi connectivity index (χ0n) is 13.4. The van der Waals surface area contributed by atoms with Crippen LogP contribution in [-0.2, 0) is 23.5 Å². The van der Waals surface area contributed by atoms with Crippen molar-refractivity contribution < 1.29 is 8.42 Å². The summed E-state index contributed by atoms with van der Waals surface area (Å²) in [5.41, 5.74) is 2.79. The van der Waals surface area contributed by atoms with Crippen molar-refractivity contribution in [3.63, 3.8) is 0 Å². The summed E-state index contributed by atoms with van der Waals surface area (Å²) in [4.78, 5) is 8.95. The molecule has 0 N–H and O–H groups in total. The van der Waals surface area contributed by atoms with E-state index < -0.39 is 10.0 Å². The molecule has 3 heterocycles. The van der Waals surface area contributed by atoms with Crippen LogP contribution in [0.4, 0.5) is 0 Å². The summed E-state index contributed by atoms with van der Waals surface area (Å²) < 4.78 is 26.5. The number of aromatic nitrogens is 4. The van der Waals surface area contributed by atoms with Gasteiger partial charge in [0.05, 0.1) is 23.8 Å². The van der Waals surface area contributed by atoms with Crippen molar-refractivity contribution in [2.24, 2.45) is 13.0 Å². The van der Waals surface area contributed by atoms with E-state index in [1.165, 1.54) is 6.26 Å². The Bertz CT molecular complexity index is 779. The topological polar surface area (TPSA) is 81.0 Å². The first-order valence-corrected chi connectivity index (χ1v) is 9.52. The van der Waals surface area contributed by atoms with Gasteiger partial charge in [-0.25, -0.2) is 12.7 Å². The average molecular weight is 335 g/mol. The Kier molecular flexibility index (Phi) is 4.45. The standard InChI is InChI=1S/C15H21N5O2S/c1-19-11-13(10-18-19)15-14(16-5-6-17-15)9-12-3-7-20(8-4-12)23(2,21)22/h5-6,10-12H,3-4,7-9H2,1-2H3. The normalized spacial score (nSPS) is 17.5. The highest BCUT2D eigenvalue weighted by Gasteiger charge is 2.26. The van der Waals surface area contributed by atoms with Gasteiger partial charge >= 0.3 is 0 Å². The van der Waals surface area contributed by atoms with Gasteiger partial charge in [-0.05, 0) is 25.2 Å². The van der Waals surface area contributed by atoms with Gasteiger partial charge in [-0.1, -0.05) is 0 Å². The molecule has 0 spiro atoms. The Balaban J connectivity index is 1.72. The summed E-state index contributed by atoms with van der Waals surface area (Å²) >= 11 is 0. The van der Waals surface area contributed by atoms with Crippen LogP contribution in [0.25, 0.3) is 11.3 Å². The fourth-order valence-corrected chi connectivity index (χ4v) is 3.89. The van der Waals surface area contributed by atoms with E-state index in [9.17, 15) is 8.42 Å². The second-order valence-electron chi connectivity index (χ2n) is 6.06. The molecule has 2 aromatic heterocycles. The molecule has 8 heteroatoms. The van der Waals surface area contributed by atoms with E-state index in [4.69, 9.17) is 0 Å². The third kappa shape index (κ3) is 3.76. The monoisotopic (exact) mass is 335 g/mol. The minimum atomic E-state index is -3.08. The Labute approximate surface area is 136 Å². The Morgan fingerprint density at radius 1 is 1.22 bits per heavy atom. The summed E-state index contributed by atoms with van der Waals surface area (Å²) in [6.45, 7) is 1.18. The highest BCUT2D eigenvalue weighted by atomic mass is 32.2. The van der Waals surface area contributed by atoms with E-state index in [0.717, 1.165) is 36.2 Å². The minimum Gasteiger partial charge on any atom is -0.275 e. The van der Waals surface area contributed by atoms with Crippen LogP contribution in [0.1, 0.15) is 18.5 Å². The molecule has 0 aromatic carbocycles. The maximum Gasteiger partial charge on any atom is 0.211 e. The predicted octanol–water partition coefficient (Wildman–Crippen LogP) is 1.09. The summed E-state index contributed by atoms with van der Waals surface area (Å²) in [7, 11) is -1.20. The van der Waals surface area contributed by atoms with Gasteiger partial charge in [-0.2, -0.15) is 5.10 Å². The van der Waals surface area contributed by atoms with Crippen LogP contribution in [0.15, 0.2) is 24.8 Å². The van der Waals surface area contributed by atoms with Crippen molar-refractivity contribution in [2.45, 2.75) is 19.3 Å². The lowest BCUT2D eigenvalue weighted by molar-refractivity contribution is 0.273. The third-order valence-electron chi connectivity index (χ3n) is 4.28.